The van der Waals surface area contributed by atoms with Crippen molar-refractivity contribution >= 4 is 51.0 Å². The van der Waals surface area contributed by atoms with Gasteiger partial charge in [-0.1, -0.05) is 45.7 Å². The molecule has 3 aromatic carbocycles. The first-order valence-electron chi connectivity index (χ1n) is 10.8. The van der Waals surface area contributed by atoms with E-state index >= 15 is 0 Å². The first-order chi connectivity index (χ1) is 16.8. The van der Waals surface area contributed by atoms with Crippen molar-refractivity contribution in [2.45, 2.75) is 26.3 Å². The molecule has 182 valence electrons. The number of carbonyl (C=O) groups is 3. The summed E-state index contributed by atoms with van der Waals surface area (Å²) in [5.41, 5.74) is 1.87. The third-order valence-corrected chi connectivity index (χ3v) is 5.55. The lowest BCUT2D eigenvalue weighted by Crippen LogP contribution is -2.23. The van der Waals surface area contributed by atoms with Gasteiger partial charge in [0.2, 0.25) is 5.91 Å². The number of halogens is 2. The Labute approximate surface area is 216 Å². The van der Waals surface area contributed by atoms with Gasteiger partial charge in [-0.25, -0.2) is 0 Å². The Morgan fingerprint density at radius 1 is 1.00 bits per heavy atom. The fourth-order valence-corrected chi connectivity index (χ4v) is 3.80. The van der Waals surface area contributed by atoms with Crippen LogP contribution in [0.1, 0.15) is 35.7 Å². The molecule has 0 fully saturated rings. The van der Waals surface area contributed by atoms with E-state index in [4.69, 9.17) is 21.1 Å². The Kier molecular flexibility index (Phi) is 9.69. The Morgan fingerprint density at radius 2 is 1.77 bits per heavy atom. The summed E-state index contributed by atoms with van der Waals surface area (Å²) in [7, 11) is 0. The highest BCUT2D eigenvalue weighted by atomic mass is 79.9. The predicted molar refractivity (Wildman–Crippen MR) is 138 cm³/mol. The molecule has 0 aromatic heterocycles. The van der Waals surface area contributed by atoms with Crippen LogP contribution < -0.4 is 20.1 Å². The van der Waals surface area contributed by atoms with Crippen molar-refractivity contribution in [3.63, 3.8) is 0 Å². The highest BCUT2D eigenvalue weighted by Crippen LogP contribution is 2.27. The molecule has 0 aliphatic carbocycles. The van der Waals surface area contributed by atoms with Crippen LogP contribution in [0.3, 0.4) is 0 Å². The molecule has 3 aromatic rings. The Morgan fingerprint density at radius 3 is 2.49 bits per heavy atom. The van der Waals surface area contributed by atoms with Crippen molar-refractivity contribution in [2.24, 2.45) is 0 Å². The lowest BCUT2D eigenvalue weighted by atomic mass is 10.1. The van der Waals surface area contributed by atoms with Gasteiger partial charge in [0.1, 0.15) is 11.5 Å². The molecule has 0 bridgehead atoms. The lowest BCUT2D eigenvalue weighted by molar-refractivity contribution is -0.131. The van der Waals surface area contributed by atoms with E-state index in [0.29, 0.717) is 53.8 Å². The molecule has 7 nitrogen and oxygen atoms in total. The molecule has 0 aliphatic heterocycles. The van der Waals surface area contributed by atoms with E-state index in [1.807, 2.05) is 18.2 Å². The van der Waals surface area contributed by atoms with E-state index in [0.717, 1.165) is 10.0 Å². The fraction of sp³-hybridized carbons (Fsp3) is 0.192. The molecule has 0 heterocycles. The van der Waals surface area contributed by atoms with Gasteiger partial charge in [-0.05, 0) is 60.5 Å². The minimum atomic E-state index is -0.454. The van der Waals surface area contributed by atoms with Crippen molar-refractivity contribution in [1.29, 1.82) is 0 Å². The van der Waals surface area contributed by atoms with E-state index in [1.54, 1.807) is 42.5 Å². The molecule has 0 radical (unpaired) electrons. The van der Waals surface area contributed by atoms with E-state index in [9.17, 15) is 14.4 Å². The maximum Gasteiger partial charge on any atom is 0.308 e. The number of hydrogen-bond donors (Lipinski definition) is 2. The normalized spacial score (nSPS) is 10.4. The van der Waals surface area contributed by atoms with Crippen LogP contribution in [0.5, 0.6) is 11.5 Å². The minimum absolute atomic E-state index is 0.0828. The maximum atomic E-state index is 12.5. The number of hydrogen-bond acceptors (Lipinski definition) is 5. The van der Waals surface area contributed by atoms with Crippen LogP contribution in [0.15, 0.2) is 71.2 Å². The molecule has 2 N–H and O–H groups in total. The second-order valence-corrected chi connectivity index (χ2v) is 8.90. The fourth-order valence-electron chi connectivity index (χ4n) is 3.07. The standard InChI is InChI=1S/C26H24BrClN2O5/c1-17(31)35-22-5-2-4-19(14-22)26(33)30-21-10-7-18(8-11-21)16-29-25(32)6-3-13-34-24-12-9-20(27)15-23(24)28/h2,4-5,7-12,14-15H,3,6,13,16H2,1H3,(H,29,32)(H,30,33). The molecule has 2 amide bonds. The molecule has 9 heteroatoms. The second kappa shape index (κ2) is 12.9. The maximum absolute atomic E-state index is 12.5. The van der Waals surface area contributed by atoms with Crippen LogP contribution in [0, 0.1) is 0 Å². The summed E-state index contributed by atoms with van der Waals surface area (Å²) in [4.78, 5) is 35.7. The second-order valence-electron chi connectivity index (χ2n) is 7.58. The van der Waals surface area contributed by atoms with Crippen molar-refractivity contribution in [2.75, 3.05) is 11.9 Å². The summed E-state index contributed by atoms with van der Waals surface area (Å²) in [6.45, 7) is 2.05. The first kappa shape index (κ1) is 26.2. The number of anilines is 1. The minimum Gasteiger partial charge on any atom is -0.492 e. The molecule has 0 aliphatic rings. The zero-order valence-corrected chi connectivity index (χ0v) is 21.3. The molecule has 0 saturated carbocycles. The van der Waals surface area contributed by atoms with Crippen molar-refractivity contribution in [3.05, 3.63) is 87.4 Å². The highest BCUT2D eigenvalue weighted by Gasteiger charge is 2.09. The summed E-state index contributed by atoms with van der Waals surface area (Å²) in [6, 6.07) is 18.9. The monoisotopic (exact) mass is 558 g/mol. The van der Waals surface area contributed by atoms with Gasteiger partial charge in [0.25, 0.3) is 5.91 Å². The first-order valence-corrected chi connectivity index (χ1v) is 12.0. The van der Waals surface area contributed by atoms with Crippen LogP contribution in [0.4, 0.5) is 5.69 Å². The quantitative estimate of drug-likeness (QED) is 0.187. The average Bonchev–Trinajstić information content (AvgIpc) is 2.82. The number of benzene rings is 3. The van der Waals surface area contributed by atoms with Crippen LogP contribution >= 0.6 is 27.5 Å². The van der Waals surface area contributed by atoms with E-state index in [1.165, 1.54) is 13.0 Å². The molecule has 0 spiro atoms. The Bertz CT molecular complexity index is 1200. The van der Waals surface area contributed by atoms with Gasteiger partial charge < -0.3 is 20.1 Å². The van der Waals surface area contributed by atoms with Gasteiger partial charge in [-0.3, -0.25) is 14.4 Å². The van der Waals surface area contributed by atoms with Gasteiger partial charge in [0, 0.05) is 35.6 Å². The van der Waals surface area contributed by atoms with Crippen LogP contribution in [0.25, 0.3) is 0 Å². The summed E-state index contributed by atoms with van der Waals surface area (Å²) in [5, 5.41) is 6.17. The molecule has 0 atom stereocenters. The van der Waals surface area contributed by atoms with Gasteiger partial charge in [0.15, 0.2) is 0 Å². The molecular formula is C26H24BrClN2O5. The number of rotatable bonds is 10. The Balaban J connectivity index is 1.40. The van der Waals surface area contributed by atoms with E-state index < -0.39 is 5.97 Å². The van der Waals surface area contributed by atoms with E-state index in [2.05, 4.69) is 26.6 Å². The summed E-state index contributed by atoms with van der Waals surface area (Å²) in [5.74, 6) is 0.0240. The molecule has 0 saturated heterocycles. The van der Waals surface area contributed by atoms with Gasteiger partial charge in [-0.2, -0.15) is 0 Å². The summed E-state index contributed by atoms with van der Waals surface area (Å²) >= 11 is 9.45. The van der Waals surface area contributed by atoms with Gasteiger partial charge in [-0.15, -0.1) is 0 Å². The van der Waals surface area contributed by atoms with Gasteiger partial charge >= 0.3 is 5.97 Å². The van der Waals surface area contributed by atoms with Crippen molar-refractivity contribution in [1.82, 2.24) is 5.32 Å². The smallest absolute Gasteiger partial charge is 0.308 e. The molecule has 0 unspecified atom stereocenters. The number of nitrogens with one attached hydrogen (secondary N) is 2. The molecular weight excluding hydrogens is 536 g/mol. The topological polar surface area (TPSA) is 93.7 Å². The van der Waals surface area contributed by atoms with Crippen molar-refractivity contribution < 1.29 is 23.9 Å². The zero-order chi connectivity index (χ0) is 25.2. The van der Waals surface area contributed by atoms with Crippen LogP contribution in [-0.2, 0) is 16.1 Å². The van der Waals surface area contributed by atoms with Crippen LogP contribution in [-0.4, -0.2) is 24.4 Å². The summed E-state index contributed by atoms with van der Waals surface area (Å²) in [6.07, 6.45) is 0.885. The summed E-state index contributed by atoms with van der Waals surface area (Å²) < 4.78 is 11.5. The largest absolute Gasteiger partial charge is 0.492 e. The predicted octanol–water partition coefficient (Wildman–Crippen LogP) is 5.76. The number of esters is 1. The zero-order valence-electron chi connectivity index (χ0n) is 19.0. The highest BCUT2D eigenvalue weighted by molar-refractivity contribution is 9.10. The lowest BCUT2D eigenvalue weighted by Gasteiger charge is -2.10. The van der Waals surface area contributed by atoms with Crippen LogP contribution in [0.2, 0.25) is 5.02 Å². The third kappa shape index (κ3) is 8.73. The number of carbonyl (C=O) groups excluding carboxylic acids is 3. The van der Waals surface area contributed by atoms with E-state index in [-0.39, 0.29) is 11.8 Å². The van der Waals surface area contributed by atoms with Crippen molar-refractivity contribution in [3.8, 4) is 11.5 Å². The van der Waals surface area contributed by atoms with Gasteiger partial charge in [0.05, 0.1) is 11.6 Å². The number of amides is 2. The molecule has 35 heavy (non-hydrogen) atoms. The Hall–Kier alpha value is -3.36. The SMILES string of the molecule is CC(=O)Oc1cccc(C(=O)Nc2ccc(CNC(=O)CCCOc3ccc(Br)cc3Cl)cc2)c1. The number of ether oxygens (including phenoxy) is 2. The average molecular weight is 560 g/mol. The molecule has 3 rings (SSSR count). The third-order valence-electron chi connectivity index (χ3n) is 4.76.